The van der Waals surface area contributed by atoms with Crippen LogP contribution in [0, 0.1) is 0 Å². The molecule has 1 heterocycles. The molecule has 2 nitrogen and oxygen atoms in total. The van der Waals surface area contributed by atoms with Crippen LogP contribution < -0.4 is 5.32 Å². The number of hydrogen-bond acceptors (Lipinski definition) is 3. The minimum absolute atomic E-state index is 0.0421. The monoisotopic (exact) mass is 376 g/mol. The highest BCUT2D eigenvalue weighted by Gasteiger charge is 2.18. The van der Waals surface area contributed by atoms with Gasteiger partial charge in [-0.2, -0.15) is 0 Å². The maximum atomic E-state index is 6.43. The number of rotatable bonds is 5. The summed E-state index contributed by atoms with van der Waals surface area (Å²) in [5.41, 5.74) is 2.18. The number of amidine groups is 1. The van der Waals surface area contributed by atoms with E-state index >= 15 is 0 Å². The van der Waals surface area contributed by atoms with Crippen molar-refractivity contribution in [1.29, 1.82) is 0 Å². The van der Waals surface area contributed by atoms with Gasteiger partial charge in [0.25, 0.3) is 0 Å². The van der Waals surface area contributed by atoms with E-state index in [1.54, 1.807) is 11.8 Å². The summed E-state index contributed by atoms with van der Waals surface area (Å²) >= 11 is 14.4. The first-order valence-corrected chi connectivity index (χ1v) is 9.57. The number of benzene rings is 2. The van der Waals surface area contributed by atoms with Crippen LogP contribution in [0.2, 0.25) is 10.0 Å². The minimum Gasteiger partial charge on any atom is -0.358 e. The third-order valence-corrected chi connectivity index (χ3v) is 5.46. The minimum atomic E-state index is 0.0421. The predicted octanol–water partition coefficient (Wildman–Crippen LogP) is 5.83. The van der Waals surface area contributed by atoms with Gasteiger partial charge in [-0.25, -0.2) is 0 Å². The average molecular weight is 377 g/mol. The van der Waals surface area contributed by atoms with E-state index in [0.29, 0.717) is 10.0 Å². The van der Waals surface area contributed by atoms with Gasteiger partial charge in [0.1, 0.15) is 0 Å². The van der Waals surface area contributed by atoms with Crippen LogP contribution in [-0.4, -0.2) is 17.5 Å². The van der Waals surface area contributed by atoms with Gasteiger partial charge in [-0.15, -0.1) is 0 Å². The third kappa shape index (κ3) is 4.56. The SMILES string of the molecule is Clc1cccc([C@@H](C/C=C/c2ccccc2)NC2=NCCS2)c1Cl. The van der Waals surface area contributed by atoms with Crippen LogP contribution in [0.4, 0.5) is 0 Å². The second-order valence-corrected chi connectivity index (χ2v) is 7.29. The lowest BCUT2D eigenvalue weighted by Gasteiger charge is -2.20. The Morgan fingerprint density at radius 3 is 2.71 bits per heavy atom. The van der Waals surface area contributed by atoms with E-state index in [1.807, 2.05) is 36.4 Å². The lowest BCUT2D eigenvalue weighted by atomic mass is 10.0. The van der Waals surface area contributed by atoms with Gasteiger partial charge in [-0.05, 0) is 23.6 Å². The van der Waals surface area contributed by atoms with Gasteiger partial charge in [-0.1, -0.05) is 89.6 Å². The Morgan fingerprint density at radius 1 is 1.12 bits per heavy atom. The van der Waals surface area contributed by atoms with Gasteiger partial charge < -0.3 is 5.32 Å². The topological polar surface area (TPSA) is 24.4 Å². The molecule has 1 N–H and O–H groups in total. The molecule has 0 fully saturated rings. The largest absolute Gasteiger partial charge is 0.358 e. The summed E-state index contributed by atoms with van der Waals surface area (Å²) in [6.45, 7) is 0.864. The van der Waals surface area contributed by atoms with Crippen molar-refractivity contribution in [1.82, 2.24) is 5.32 Å². The molecule has 3 rings (SSSR count). The van der Waals surface area contributed by atoms with Gasteiger partial charge in [0, 0.05) is 5.75 Å². The van der Waals surface area contributed by atoms with Crippen LogP contribution in [0.1, 0.15) is 23.6 Å². The summed E-state index contributed by atoms with van der Waals surface area (Å²) < 4.78 is 0. The van der Waals surface area contributed by atoms with Crippen molar-refractivity contribution < 1.29 is 0 Å². The predicted molar refractivity (Wildman–Crippen MR) is 107 cm³/mol. The van der Waals surface area contributed by atoms with E-state index in [4.69, 9.17) is 23.2 Å². The number of aliphatic imine (C=N–C) groups is 1. The molecule has 0 amide bonds. The van der Waals surface area contributed by atoms with E-state index in [1.165, 1.54) is 5.56 Å². The first-order chi connectivity index (χ1) is 11.7. The molecule has 0 radical (unpaired) electrons. The highest BCUT2D eigenvalue weighted by atomic mass is 35.5. The molecule has 0 saturated carbocycles. The fraction of sp³-hybridized carbons (Fsp3) is 0.211. The molecule has 0 saturated heterocycles. The molecule has 124 valence electrons. The highest BCUT2D eigenvalue weighted by molar-refractivity contribution is 8.14. The number of nitrogens with zero attached hydrogens (tertiary/aromatic N) is 1. The lowest BCUT2D eigenvalue weighted by molar-refractivity contribution is 0.664. The molecule has 0 unspecified atom stereocenters. The van der Waals surface area contributed by atoms with Gasteiger partial charge in [0.2, 0.25) is 0 Å². The molecular weight excluding hydrogens is 359 g/mol. The van der Waals surface area contributed by atoms with E-state index in [2.05, 4.69) is 34.6 Å². The van der Waals surface area contributed by atoms with Gasteiger partial charge in [0.15, 0.2) is 5.17 Å². The van der Waals surface area contributed by atoms with Gasteiger partial charge in [0.05, 0.1) is 22.6 Å². The fourth-order valence-corrected chi connectivity index (χ4v) is 3.75. The third-order valence-electron chi connectivity index (χ3n) is 3.72. The molecule has 0 aromatic heterocycles. The van der Waals surface area contributed by atoms with Crippen LogP contribution in [0.3, 0.4) is 0 Å². The molecule has 2 aromatic rings. The maximum absolute atomic E-state index is 6.43. The zero-order valence-corrected chi connectivity index (χ0v) is 15.4. The zero-order chi connectivity index (χ0) is 16.8. The number of nitrogens with one attached hydrogen (secondary N) is 1. The quantitative estimate of drug-likeness (QED) is 0.709. The summed E-state index contributed by atoms with van der Waals surface area (Å²) in [6, 6.07) is 16.1. The van der Waals surface area contributed by atoms with Crippen molar-refractivity contribution in [3.63, 3.8) is 0 Å². The first kappa shape index (κ1) is 17.4. The molecular formula is C19H18Cl2N2S. The van der Waals surface area contributed by atoms with E-state index in [9.17, 15) is 0 Å². The summed E-state index contributed by atoms with van der Waals surface area (Å²) in [5, 5.41) is 5.66. The van der Waals surface area contributed by atoms with E-state index < -0.39 is 0 Å². The van der Waals surface area contributed by atoms with Crippen LogP contribution >= 0.6 is 35.0 Å². The molecule has 1 atom stereocenters. The Morgan fingerprint density at radius 2 is 1.96 bits per heavy atom. The number of hydrogen-bond donors (Lipinski definition) is 1. The van der Waals surface area contributed by atoms with Gasteiger partial charge in [-0.3, -0.25) is 4.99 Å². The summed E-state index contributed by atoms with van der Waals surface area (Å²) in [4.78, 5) is 4.49. The molecule has 0 spiro atoms. The molecule has 0 bridgehead atoms. The van der Waals surface area contributed by atoms with Crippen molar-refractivity contribution >= 4 is 46.2 Å². The molecule has 1 aliphatic rings. The lowest BCUT2D eigenvalue weighted by Crippen LogP contribution is -2.25. The molecule has 1 aliphatic heterocycles. The zero-order valence-electron chi connectivity index (χ0n) is 13.1. The standard InChI is InChI=1S/C19H18Cl2N2S/c20-16-10-5-9-15(18(16)21)17(23-19-22-12-13-24-19)11-4-8-14-6-2-1-3-7-14/h1-10,17H,11-13H2,(H,22,23)/b8-4+/t17-/m1/s1. The van der Waals surface area contributed by atoms with Crippen LogP contribution in [0.25, 0.3) is 6.08 Å². The normalized spacial score (nSPS) is 15.5. The average Bonchev–Trinajstić information content (AvgIpc) is 3.11. The first-order valence-electron chi connectivity index (χ1n) is 7.83. The number of halogens is 2. The highest BCUT2D eigenvalue weighted by Crippen LogP contribution is 2.32. The molecule has 0 aliphatic carbocycles. The Labute approximate surface area is 157 Å². The van der Waals surface area contributed by atoms with E-state index in [-0.39, 0.29) is 6.04 Å². The van der Waals surface area contributed by atoms with Crippen molar-refractivity contribution in [2.75, 3.05) is 12.3 Å². The second-order valence-electron chi connectivity index (χ2n) is 5.42. The summed E-state index contributed by atoms with van der Waals surface area (Å²) in [5.74, 6) is 1.03. The summed E-state index contributed by atoms with van der Waals surface area (Å²) in [6.07, 6.45) is 5.08. The van der Waals surface area contributed by atoms with E-state index in [0.717, 1.165) is 29.4 Å². The Bertz CT molecular complexity index is 744. The Kier molecular flexibility index (Phi) is 6.24. The number of thioether (sulfide) groups is 1. The van der Waals surface area contributed by atoms with Crippen molar-refractivity contribution in [2.24, 2.45) is 4.99 Å². The Hall–Kier alpha value is -1.42. The van der Waals surface area contributed by atoms with Crippen LogP contribution in [0.15, 0.2) is 59.6 Å². The van der Waals surface area contributed by atoms with Gasteiger partial charge >= 0.3 is 0 Å². The maximum Gasteiger partial charge on any atom is 0.157 e. The van der Waals surface area contributed by atoms with Crippen LogP contribution in [-0.2, 0) is 0 Å². The van der Waals surface area contributed by atoms with Crippen molar-refractivity contribution in [3.8, 4) is 0 Å². The van der Waals surface area contributed by atoms with Crippen molar-refractivity contribution in [3.05, 3.63) is 75.8 Å². The van der Waals surface area contributed by atoms with Crippen molar-refractivity contribution in [2.45, 2.75) is 12.5 Å². The fourth-order valence-electron chi connectivity index (χ4n) is 2.53. The molecule has 24 heavy (non-hydrogen) atoms. The second kappa shape index (κ2) is 8.61. The van der Waals surface area contributed by atoms with Crippen LogP contribution in [0.5, 0.6) is 0 Å². The molecule has 5 heteroatoms. The summed E-state index contributed by atoms with van der Waals surface area (Å²) in [7, 11) is 0. The Balaban J connectivity index is 1.79. The molecule has 2 aromatic carbocycles. The smallest absolute Gasteiger partial charge is 0.157 e.